The summed E-state index contributed by atoms with van der Waals surface area (Å²) in [7, 11) is 0. The SMILES string of the molecule is CCN1CCC(CN(Cc2ccc(-c3ccccc3)c(C(F)(F)F)c2)C(=O)Cn2c(CCc3cccc(F)c3F)cc(=O)c3ccccc32)CC1. The van der Waals surface area contributed by atoms with Crippen molar-refractivity contribution in [3.05, 3.63) is 141 Å². The number of carbonyl (C=O) groups is 1. The Hall–Kier alpha value is -4.83. The van der Waals surface area contributed by atoms with Gasteiger partial charge in [0.15, 0.2) is 17.1 Å². The van der Waals surface area contributed by atoms with Gasteiger partial charge < -0.3 is 14.4 Å². The predicted molar refractivity (Wildman–Crippen MR) is 189 cm³/mol. The molecule has 0 radical (unpaired) electrons. The molecule has 1 aromatic heterocycles. The molecule has 266 valence electrons. The number of fused-ring (bicyclic) bond motifs is 1. The Morgan fingerprint density at radius 2 is 1.59 bits per heavy atom. The van der Waals surface area contributed by atoms with Crippen molar-refractivity contribution in [3.8, 4) is 11.1 Å². The normalized spacial score (nSPS) is 14.2. The highest BCUT2D eigenvalue weighted by atomic mass is 19.4. The summed E-state index contributed by atoms with van der Waals surface area (Å²) in [6.07, 6.45) is -2.68. The highest BCUT2D eigenvalue weighted by Gasteiger charge is 2.34. The lowest BCUT2D eigenvalue weighted by atomic mass is 9.95. The van der Waals surface area contributed by atoms with Gasteiger partial charge in [0.25, 0.3) is 0 Å². The molecule has 1 fully saturated rings. The molecule has 1 amide bonds. The van der Waals surface area contributed by atoms with Gasteiger partial charge in [0, 0.05) is 30.2 Å². The number of aryl methyl sites for hydroxylation is 2. The van der Waals surface area contributed by atoms with Crippen LogP contribution in [0.15, 0.2) is 102 Å². The molecule has 0 aliphatic carbocycles. The standard InChI is InChI=1S/C41H40F5N3O2/c1-2-47-21-19-28(20-22-47)25-48(26-29-15-18-33(30-9-4-3-5-10-30)35(23-29)41(44,45)46)39(51)27-49-32(17-16-31-11-8-13-36(42)40(31)43)24-38(50)34-12-6-7-14-37(34)49/h3-15,18,23-24,28H,2,16-17,19-22,25-27H2,1H3. The van der Waals surface area contributed by atoms with E-state index in [0.29, 0.717) is 34.3 Å². The average Bonchev–Trinajstić information content (AvgIpc) is 3.13. The minimum Gasteiger partial charge on any atom is -0.337 e. The Labute approximate surface area is 293 Å². The monoisotopic (exact) mass is 701 g/mol. The van der Waals surface area contributed by atoms with Crippen LogP contribution in [0.3, 0.4) is 0 Å². The summed E-state index contributed by atoms with van der Waals surface area (Å²) < 4.78 is 73.6. The summed E-state index contributed by atoms with van der Waals surface area (Å²) in [5.41, 5.74) is 0.962. The van der Waals surface area contributed by atoms with Crippen LogP contribution in [0.4, 0.5) is 22.0 Å². The third kappa shape index (κ3) is 8.39. The van der Waals surface area contributed by atoms with E-state index in [1.54, 1.807) is 70.1 Å². The summed E-state index contributed by atoms with van der Waals surface area (Å²) in [6.45, 7) is 4.90. The zero-order valence-electron chi connectivity index (χ0n) is 28.4. The Balaban J connectivity index is 1.35. The number of hydrogen-bond donors (Lipinski definition) is 0. The number of piperidine rings is 1. The second-order valence-corrected chi connectivity index (χ2v) is 13.2. The number of hydrogen-bond acceptors (Lipinski definition) is 3. The van der Waals surface area contributed by atoms with Gasteiger partial charge in [-0.1, -0.05) is 73.7 Å². The van der Waals surface area contributed by atoms with Gasteiger partial charge in [0.05, 0.1) is 11.1 Å². The van der Waals surface area contributed by atoms with Crippen LogP contribution >= 0.6 is 0 Å². The van der Waals surface area contributed by atoms with Crippen LogP contribution in [0.2, 0.25) is 0 Å². The van der Waals surface area contributed by atoms with Gasteiger partial charge in [-0.15, -0.1) is 0 Å². The number of nitrogens with zero attached hydrogens (tertiary/aromatic N) is 3. The first-order chi connectivity index (χ1) is 24.5. The quantitative estimate of drug-likeness (QED) is 0.130. The number of likely N-dealkylation sites (tertiary alicyclic amines) is 1. The largest absolute Gasteiger partial charge is 0.417 e. The van der Waals surface area contributed by atoms with E-state index in [1.165, 1.54) is 24.3 Å². The molecule has 51 heavy (non-hydrogen) atoms. The molecule has 5 nitrogen and oxygen atoms in total. The number of para-hydroxylation sites is 1. The van der Waals surface area contributed by atoms with Crippen molar-refractivity contribution in [2.75, 3.05) is 26.2 Å². The zero-order valence-corrected chi connectivity index (χ0v) is 28.4. The van der Waals surface area contributed by atoms with E-state index in [1.807, 2.05) is 0 Å². The van der Waals surface area contributed by atoms with Crippen molar-refractivity contribution in [1.82, 2.24) is 14.4 Å². The first-order valence-corrected chi connectivity index (χ1v) is 17.3. The maximum absolute atomic E-state index is 14.6. The zero-order chi connectivity index (χ0) is 36.1. The van der Waals surface area contributed by atoms with Gasteiger partial charge in [-0.05, 0) is 97.8 Å². The third-order valence-corrected chi connectivity index (χ3v) is 9.91. The van der Waals surface area contributed by atoms with Crippen molar-refractivity contribution in [1.29, 1.82) is 0 Å². The molecule has 6 rings (SSSR count). The maximum atomic E-state index is 14.6. The summed E-state index contributed by atoms with van der Waals surface area (Å²) in [5.74, 6) is -2.09. The van der Waals surface area contributed by atoms with E-state index in [2.05, 4.69) is 11.8 Å². The van der Waals surface area contributed by atoms with Crippen molar-refractivity contribution >= 4 is 16.8 Å². The third-order valence-electron chi connectivity index (χ3n) is 9.91. The lowest BCUT2D eigenvalue weighted by molar-refractivity contribution is -0.137. The van der Waals surface area contributed by atoms with Gasteiger partial charge in [-0.2, -0.15) is 13.2 Å². The van der Waals surface area contributed by atoms with Crippen LogP contribution in [-0.2, 0) is 36.9 Å². The molecule has 0 N–H and O–H groups in total. The van der Waals surface area contributed by atoms with Crippen molar-refractivity contribution in [3.63, 3.8) is 0 Å². The lowest BCUT2D eigenvalue weighted by Crippen LogP contribution is -2.42. The summed E-state index contributed by atoms with van der Waals surface area (Å²) >= 11 is 0. The van der Waals surface area contributed by atoms with E-state index < -0.39 is 23.4 Å². The highest BCUT2D eigenvalue weighted by molar-refractivity contribution is 5.83. The summed E-state index contributed by atoms with van der Waals surface area (Å²) in [4.78, 5) is 31.5. The number of benzene rings is 4. The fourth-order valence-electron chi connectivity index (χ4n) is 7.08. The molecule has 4 aromatic carbocycles. The van der Waals surface area contributed by atoms with Gasteiger partial charge in [-0.3, -0.25) is 9.59 Å². The first kappa shape index (κ1) is 36.0. The number of aromatic nitrogens is 1. The molecule has 5 aromatic rings. The minimum atomic E-state index is -4.62. The summed E-state index contributed by atoms with van der Waals surface area (Å²) in [6, 6.07) is 24.9. The molecule has 10 heteroatoms. The topological polar surface area (TPSA) is 45.5 Å². The Morgan fingerprint density at radius 1 is 0.863 bits per heavy atom. The molecule has 2 heterocycles. The number of halogens is 5. The Morgan fingerprint density at radius 3 is 2.31 bits per heavy atom. The van der Waals surface area contributed by atoms with Gasteiger partial charge in [0.1, 0.15) is 6.54 Å². The van der Waals surface area contributed by atoms with Crippen molar-refractivity contribution < 1.29 is 26.7 Å². The lowest BCUT2D eigenvalue weighted by Gasteiger charge is -2.35. The second-order valence-electron chi connectivity index (χ2n) is 13.2. The Kier molecular flexibility index (Phi) is 11.0. The van der Waals surface area contributed by atoms with E-state index in [4.69, 9.17) is 0 Å². The fraction of sp³-hybridized carbons (Fsp3) is 0.317. The van der Waals surface area contributed by atoms with Gasteiger partial charge >= 0.3 is 6.18 Å². The predicted octanol–water partition coefficient (Wildman–Crippen LogP) is 8.51. The number of pyridine rings is 1. The molecular weight excluding hydrogens is 661 g/mol. The molecule has 1 saturated heterocycles. The number of alkyl halides is 3. The van der Waals surface area contributed by atoms with Crippen molar-refractivity contribution in [2.45, 2.75) is 51.9 Å². The molecule has 0 bridgehead atoms. The first-order valence-electron chi connectivity index (χ1n) is 17.3. The van der Waals surface area contributed by atoms with Crippen LogP contribution in [0.25, 0.3) is 22.0 Å². The number of rotatable bonds is 11. The molecule has 0 spiro atoms. The molecule has 0 unspecified atom stereocenters. The van der Waals surface area contributed by atoms with Crippen LogP contribution in [-0.4, -0.2) is 46.5 Å². The molecule has 1 aliphatic rings. The van der Waals surface area contributed by atoms with Crippen LogP contribution in [0.5, 0.6) is 0 Å². The van der Waals surface area contributed by atoms with E-state index in [0.717, 1.165) is 44.6 Å². The molecule has 1 aliphatic heterocycles. The minimum absolute atomic E-state index is 0.0348. The summed E-state index contributed by atoms with van der Waals surface area (Å²) in [5, 5.41) is 0.399. The smallest absolute Gasteiger partial charge is 0.337 e. The Bertz CT molecular complexity index is 2050. The van der Waals surface area contributed by atoms with E-state index in [9.17, 15) is 31.5 Å². The number of carbonyl (C=O) groups excluding carboxylic acids is 1. The van der Waals surface area contributed by atoms with Crippen LogP contribution < -0.4 is 5.43 Å². The molecule has 0 atom stereocenters. The van der Waals surface area contributed by atoms with Crippen LogP contribution in [0, 0.1) is 17.6 Å². The maximum Gasteiger partial charge on any atom is 0.417 e. The van der Waals surface area contributed by atoms with Crippen LogP contribution in [0.1, 0.15) is 42.1 Å². The second kappa shape index (κ2) is 15.6. The van der Waals surface area contributed by atoms with E-state index >= 15 is 0 Å². The van der Waals surface area contributed by atoms with Gasteiger partial charge in [0.2, 0.25) is 5.91 Å². The molecule has 0 saturated carbocycles. The fourth-order valence-corrected chi connectivity index (χ4v) is 7.08. The van der Waals surface area contributed by atoms with E-state index in [-0.39, 0.29) is 54.3 Å². The molecular formula is C41H40F5N3O2. The number of amides is 1. The van der Waals surface area contributed by atoms with Crippen molar-refractivity contribution in [2.24, 2.45) is 5.92 Å². The highest BCUT2D eigenvalue weighted by Crippen LogP contribution is 2.38. The average molecular weight is 702 g/mol. The van der Waals surface area contributed by atoms with Gasteiger partial charge in [-0.25, -0.2) is 8.78 Å².